The highest BCUT2D eigenvalue weighted by Gasteiger charge is 2.07. The average molecular weight is 291 g/mol. The number of aryl methyl sites for hydroxylation is 2. The van der Waals surface area contributed by atoms with E-state index in [-0.39, 0.29) is 17.9 Å². The summed E-state index contributed by atoms with van der Waals surface area (Å²) in [6.07, 6.45) is 1.76. The number of carbonyl (C=O) groups is 1. The van der Waals surface area contributed by atoms with E-state index >= 15 is 0 Å². The fraction of sp³-hybridized carbons (Fsp3) is 0.357. The van der Waals surface area contributed by atoms with E-state index in [0.717, 1.165) is 5.56 Å². The Labute approximate surface area is 122 Å². The second-order valence-electron chi connectivity index (χ2n) is 4.54. The number of aromatic nitrogens is 2. The summed E-state index contributed by atoms with van der Waals surface area (Å²) in [6, 6.07) is 5.52. The van der Waals surface area contributed by atoms with Gasteiger partial charge in [0.25, 0.3) is 5.56 Å². The molecule has 5 nitrogen and oxygen atoms in total. The summed E-state index contributed by atoms with van der Waals surface area (Å²) in [5.74, 6) is 0.512. The summed E-state index contributed by atoms with van der Waals surface area (Å²) < 4.78 is 1.47. The first-order valence-electron chi connectivity index (χ1n) is 6.46. The number of rotatable bonds is 5. The maximum atomic E-state index is 12.3. The SMILES string of the molecule is Cc1cccc2c(=O)n(CCC(=O)NCCS)cnc12. The molecule has 0 radical (unpaired) electrons. The standard InChI is InChI=1S/C14H17N3O2S/c1-10-3-2-4-11-13(10)16-9-17(14(11)19)7-5-12(18)15-6-8-20/h2-4,9,20H,5-8H2,1H3,(H,15,18). The van der Waals surface area contributed by atoms with Crippen molar-refractivity contribution < 1.29 is 4.79 Å². The van der Waals surface area contributed by atoms with Gasteiger partial charge in [-0.05, 0) is 18.6 Å². The largest absolute Gasteiger partial charge is 0.355 e. The number of fused-ring (bicyclic) bond motifs is 1. The summed E-state index contributed by atoms with van der Waals surface area (Å²) in [6.45, 7) is 2.78. The molecule has 0 aliphatic rings. The van der Waals surface area contributed by atoms with Crippen molar-refractivity contribution >= 4 is 29.4 Å². The lowest BCUT2D eigenvalue weighted by Gasteiger charge is -2.08. The molecule has 0 aliphatic carbocycles. The number of hydrogen-bond acceptors (Lipinski definition) is 4. The molecule has 0 bridgehead atoms. The van der Waals surface area contributed by atoms with Crippen LogP contribution in [0.5, 0.6) is 0 Å². The third-order valence-corrected chi connectivity index (χ3v) is 3.29. The van der Waals surface area contributed by atoms with Gasteiger partial charge in [0.15, 0.2) is 0 Å². The maximum Gasteiger partial charge on any atom is 0.261 e. The van der Waals surface area contributed by atoms with Gasteiger partial charge in [0, 0.05) is 25.3 Å². The number of hydrogen-bond donors (Lipinski definition) is 2. The summed E-state index contributed by atoms with van der Waals surface area (Å²) in [5, 5.41) is 3.30. The molecular weight excluding hydrogens is 274 g/mol. The van der Waals surface area contributed by atoms with E-state index in [9.17, 15) is 9.59 Å². The van der Waals surface area contributed by atoms with Crippen molar-refractivity contribution in [1.82, 2.24) is 14.9 Å². The molecule has 1 amide bonds. The minimum Gasteiger partial charge on any atom is -0.355 e. The zero-order valence-corrected chi connectivity index (χ0v) is 12.2. The van der Waals surface area contributed by atoms with E-state index in [4.69, 9.17) is 0 Å². The number of amides is 1. The number of benzene rings is 1. The smallest absolute Gasteiger partial charge is 0.261 e. The predicted octanol–water partition coefficient (Wildman–Crippen LogP) is 1.14. The Morgan fingerprint density at radius 1 is 1.45 bits per heavy atom. The molecule has 2 aromatic rings. The molecule has 0 saturated heterocycles. The van der Waals surface area contributed by atoms with E-state index in [0.29, 0.717) is 29.7 Å². The van der Waals surface area contributed by atoms with Gasteiger partial charge in [-0.1, -0.05) is 12.1 Å². The summed E-state index contributed by atoms with van der Waals surface area (Å²) in [4.78, 5) is 28.1. The zero-order chi connectivity index (χ0) is 14.5. The van der Waals surface area contributed by atoms with Crippen molar-refractivity contribution in [2.75, 3.05) is 12.3 Å². The molecule has 0 unspecified atom stereocenters. The first-order chi connectivity index (χ1) is 9.63. The van der Waals surface area contributed by atoms with Gasteiger partial charge in [0.1, 0.15) is 0 Å². The van der Waals surface area contributed by atoms with Crippen LogP contribution in [0.4, 0.5) is 0 Å². The molecule has 0 saturated carbocycles. The molecule has 6 heteroatoms. The molecule has 0 aliphatic heterocycles. The Hall–Kier alpha value is -1.82. The van der Waals surface area contributed by atoms with Gasteiger partial charge in [-0.3, -0.25) is 14.2 Å². The van der Waals surface area contributed by atoms with Gasteiger partial charge in [-0.2, -0.15) is 12.6 Å². The van der Waals surface area contributed by atoms with Crippen LogP contribution in [0.1, 0.15) is 12.0 Å². The van der Waals surface area contributed by atoms with Crippen LogP contribution in [0.3, 0.4) is 0 Å². The maximum absolute atomic E-state index is 12.3. The van der Waals surface area contributed by atoms with Crippen molar-refractivity contribution in [1.29, 1.82) is 0 Å². The quantitative estimate of drug-likeness (QED) is 0.812. The summed E-state index contributed by atoms with van der Waals surface area (Å²) >= 11 is 4.02. The first kappa shape index (κ1) is 14.6. The summed E-state index contributed by atoms with van der Waals surface area (Å²) in [5.41, 5.74) is 1.58. The number of nitrogens with zero attached hydrogens (tertiary/aromatic N) is 2. The van der Waals surface area contributed by atoms with Gasteiger partial charge in [0.05, 0.1) is 17.2 Å². The Balaban J connectivity index is 2.18. The minimum atomic E-state index is -0.110. The lowest BCUT2D eigenvalue weighted by atomic mass is 10.1. The second-order valence-corrected chi connectivity index (χ2v) is 4.98. The topological polar surface area (TPSA) is 64.0 Å². The lowest BCUT2D eigenvalue weighted by Crippen LogP contribution is -2.28. The van der Waals surface area contributed by atoms with Gasteiger partial charge in [0.2, 0.25) is 5.91 Å². The van der Waals surface area contributed by atoms with Crippen molar-refractivity contribution in [3.05, 3.63) is 40.4 Å². The molecule has 2 rings (SSSR count). The number of carbonyl (C=O) groups excluding carboxylic acids is 1. The van der Waals surface area contributed by atoms with Crippen molar-refractivity contribution in [2.24, 2.45) is 0 Å². The minimum absolute atomic E-state index is 0.0877. The number of thiol groups is 1. The highest BCUT2D eigenvalue weighted by atomic mass is 32.1. The van der Waals surface area contributed by atoms with E-state index in [1.54, 1.807) is 6.07 Å². The second kappa shape index (κ2) is 6.56. The van der Waals surface area contributed by atoms with Gasteiger partial charge in [-0.25, -0.2) is 4.98 Å². The molecule has 0 atom stereocenters. The molecule has 106 valence electrons. The van der Waals surface area contributed by atoms with Crippen molar-refractivity contribution in [3.8, 4) is 0 Å². The lowest BCUT2D eigenvalue weighted by molar-refractivity contribution is -0.121. The highest BCUT2D eigenvalue weighted by Crippen LogP contribution is 2.11. The van der Waals surface area contributed by atoms with E-state index in [2.05, 4.69) is 22.9 Å². The van der Waals surface area contributed by atoms with Crippen LogP contribution in [0.15, 0.2) is 29.3 Å². The van der Waals surface area contributed by atoms with Gasteiger partial charge < -0.3 is 5.32 Å². The van der Waals surface area contributed by atoms with Crippen LogP contribution in [0, 0.1) is 6.92 Å². The van der Waals surface area contributed by atoms with E-state index < -0.39 is 0 Å². The normalized spacial score (nSPS) is 10.7. The Bertz CT molecular complexity index is 682. The van der Waals surface area contributed by atoms with E-state index in [1.165, 1.54) is 10.9 Å². The average Bonchev–Trinajstić information content (AvgIpc) is 2.45. The molecule has 20 heavy (non-hydrogen) atoms. The third-order valence-electron chi connectivity index (χ3n) is 3.07. The van der Waals surface area contributed by atoms with E-state index in [1.807, 2.05) is 19.1 Å². The van der Waals surface area contributed by atoms with Gasteiger partial charge >= 0.3 is 0 Å². The fourth-order valence-corrected chi connectivity index (χ4v) is 2.11. The van der Waals surface area contributed by atoms with Crippen LogP contribution in [0.25, 0.3) is 10.9 Å². The van der Waals surface area contributed by atoms with Crippen molar-refractivity contribution in [2.45, 2.75) is 19.9 Å². The van der Waals surface area contributed by atoms with Gasteiger partial charge in [-0.15, -0.1) is 0 Å². The zero-order valence-electron chi connectivity index (χ0n) is 11.3. The third kappa shape index (κ3) is 3.19. The van der Waals surface area contributed by atoms with Crippen molar-refractivity contribution in [3.63, 3.8) is 0 Å². The Kier molecular flexibility index (Phi) is 4.79. The molecule has 0 fully saturated rings. The molecular formula is C14H17N3O2S. The summed E-state index contributed by atoms with van der Waals surface area (Å²) in [7, 11) is 0. The van der Waals surface area contributed by atoms with Crippen LogP contribution >= 0.6 is 12.6 Å². The molecule has 1 aromatic heterocycles. The molecule has 1 aromatic carbocycles. The monoisotopic (exact) mass is 291 g/mol. The van der Waals surface area contributed by atoms with Crippen LogP contribution < -0.4 is 10.9 Å². The molecule has 1 N–H and O–H groups in total. The predicted molar refractivity (Wildman–Crippen MR) is 82.2 cm³/mol. The van der Waals surface area contributed by atoms with Crippen LogP contribution in [-0.4, -0.2) is 27.8 Å². The fourth-order valence-electron chi connectivity index (χ4n) is 2.00. The highest BCUT2D eigenvalue weighted by molar-refractivity contribution is 7.80. The first-order valence-corrected chi connectivity index (χ1v) is 7.09. The Morgan fingerprint density at radius 3 is 3.00 bits per heavy atom. The molecule has 0 spiro atoms. The molecule has 1 heterocycles. The van der Waals surface area contributed by atoms with Crippen LogP contribution in [0.2, 0.25) is 0 Å². The number of nitrogens with one attached hydrogen (secondary N) is 1. The number of para-hydroxylation sites is 1. The van der Waals surface area contributed by atoms with Crippen LogP contribution in [-0.2, 0) is 11.3 Å². The Morgan fingerprint density at radius 2 is 2.25 bits per heavy atom.